The largest absolute Gasteiger partial charge is 0.383 e. The number of aliphatic hydroxyl groups is 1. The Balaban J connectivity index is 3.40. The molecule has 1 heterocycles. The van der Waals surface area contributed by atoms with E-state index in [4.69, 9.17) is 5.73 Å². The van der Waals surface area contributed by atoms with Gasteiger partial charge in [-0.3, -0.25) is 9.89 Å². The number of nitrogens with one attached hydrogen (secondary N) is 1. The molecule has 0 spiro atoms. The Morgan fingerprint density at radius 1 is 1.54 bits per heavy atom. The minimum atomic E-state index is -0.899. The average molecular weight is 360 g/mol. The number of nitrogens with two attached hydrogens (primary N) is 1. The quantitative estimate of drug-likeness (QED) is 0.189. The van der Waals surface area contributed by atoms with E-state index in [1.54, 1.807) is 42.7 Å². The number of aliphatic imine (C=N–C) groups is 2. The normalized spacial score (nSPS) is 14.1. The highest BCUT2D eigenvalue weighted by atomic mass is 16.3. The summed E-state index contributed by atoms with van der Waals surface area (Å²) in [7, 11) is 1.71. The van der Waals surface area contributed by atoms with E-state index < -0.39 is 6.23 Å². The van der Waals surface area contributed by atoms with Gasteiger partial charge in [-0.1, -0.05) is 6.08 Å². The smallest absolute Gasteiger partial charge is 0.143 e. The Morgan fingerprint density at radius 3 is 2.85 bits per heavy atom. The number of hydrazine groups is 1. The number of anilines is 1. The predicted molar refractivity (Wildman–Crippen MR) is 107 cm³/mol. The van der Waals surface area contributed by atoms with E-state index in [2.05, 4.69) is 38.8 Å². The Morgan fingerprint density at radius 2 is 2.27 bits per heavy atom. The van der Waals surface area contributed by atoms with Crippen LogP contribution in [0.4, 0.5) is 5.82 Å². The minimum Gasteiger partial charge on any atom is -0.383 e. The van der Waals surface area contributed by atoms with Crippen molar-refractivity contribution in [3.63, 3.8) is 0 Å². The first-order valence-corrected chi connectivity index (χ1v) is 8.27. The fourth-order valence-electron chi connectivity index (χ4n) is 2.11. The summed E-state index contributed by atoms with van der Waals surface area (Å²) in [4.78, 5) is 14.6. The minimum absolute atomic E-state index is 0.300. The molecule has 2 atom stereocenters. The molecule has 4 N–H and O–H groups in total. The first-order valence-electron chi connectivity index (χ1n) is 8.27. The summed E-state index contributed by atoms with van der Waals surface area (Å²) in [5.74, 6) is 0.731. The lowest BCUT2D eigenvalue weighted by atomic mass is 10.2. The highest BCUT2D eigenvalue weighted by Crippen LogP contribution is 2.15. The Kier molecular flexibility index (Phi) is 8.96. The summed E-state index contributed by atoms with van der Waals surface area (Å²) in [6, 6.07) is 3.54. The summed E-state index contributed by atoms with van der Waals surface area (Å²) >= 11 is 0. The van der Waals surface area contributed by atoms with Gasteiger partial charge in [-0.05, 0) is 26.0 Å². The van der Waals surface area contributed by atoms with Gasteiger partial charge in [0.1, 0.15) is 24.0 Å². The number of hydrogen-bond acceptors (Lipinski definition) is 8. The molecule has 1 rings (SSSR count). The second kappa shape index (κ2) is 11.0. The van der Waals surface area contributed by atoms with Gasteiger partial charge in [0.2, 0.25) is 0 Å². The van der Waals surface area contributed by atoms with Gasteiger partial charge >= 0.3 is 0 Å². The lowest BCUT2D eigenvalue weighted by Gasteiger charge is -2.28. The van der Waals surface area contributed by atoms with Gasteiger partial charge in [-0.2, -0.15) is 10.5 Å². The third-order valence-corrected chi connectivity index (χ3v) is 3.31. The monoisotopic (exact) mass is 360 g/mol. The second-order valence-electron chi connectivity index (χ2n) is 5.39. The standard InChI is InChI=1S/C17H28N8O/c1-6-9-15(26)25(12-20-7-2)17(14-10-8-11-21-16(14)18)22-13(3)23-24(5)19-4/h6,8,10-13,15,23,26H,1,4,7,9H2,2-3,5H3,(H2,18,21)/t13-,15?/m0/s1. The molecule has 1 aromatic heterocycles. The van der Waals surface area contributed by atoms with Crippen LogP contribution < -0.4 is 11.2 Å². The van der Waals surface area contributed by atoms with E-state index >= 15 is 0 Å². The van der Waals surface area contributed by atoms with Crippen molar-refractivity contribution in [3.05, 3.63) is 36.5 Å². The number of nitrogen functional groups attached to an aromatic ring is 1. The van der Waals surface area contributed by atoms with Crippen LogP contribution in [0.5, 0.6) is 0 Å². The molecule has 1 aromatic rings. The lowest BCUT2D eigenvalue weighted by Crippen LogP contribution is -2.43. The summed E-state index contributed by atoms with van der Waals surface area (Å²) in [5.41, 5.74) is 9.64. The fourth-order valence-corrected chi connectivity index (χ4v) is 2.11. The van der Waals surface area contributed by atoms with Gasteiger partial charge in [0.05, 0.1) is 11.9 Å². The van der Waals surface area contributed by atoms with Crippen LogP contribution in [0.25, 0.3) is 0 Å². The summed E-state index contributed by atoms with van der Waals surface area (Å²) in [5, 5.41) is 15.8. The molecule has 0 saturated carbocycles. The van der Waals surface area contributed by atoms with Crippen molar-refractivity contribution >= 4 is 24.7 Å². The fraction of sp³-hybridized carbons (Fsp3) is 0.412. The number of hydrogen-bond donors (Lipinski definition) is 3. The van der Waals surface area contributed by atoms with Gasteiger partial charge in [0.25, 0.3) is 0 Å². The molecule has 9 nitrogen and oxygen atoms in total. The van der Waals surface area contributed by atoms with Crippen molar-refractivity contribution in [2.45, 2.75) is 32.7 Å². The first kappa shape index (κ1) is 21.3. The summed E-state index contributed by atoms with van der Waals surface area (Å²) < 4.78 is 0. The van der Waals surface area contributed by atoms with Crippen LogP contribution >= 0.6 is 0 Å². The SMILES string of the molecule is C=CCC(O)N(C=NCC)C(=N[C@H](C)NN(C)N=C)c1cccnc1N. The van der Waals surface area contributed by atoms with Gasteiger partial charge in [-0.15, -0.1) is 6.58 Å². The van der Waals surface area contributed by atoms with Crippen LogP contribution in [-0.2, 0) is 0 Å². The molecule has 0 aromatic carbocycles. The van der Waals surface area contributed by atoms with E-state index in [0.717, 1.165) is 0 Å². The number of aromatic nitrogens is 1. The molecule has 9 heteroatoms. The average Bonchev–Trinajstić information content (AvgIpc) is 2.61. The number of nitrogens with zero attached hydrogens (tertiary/aromatic N) is 6. The Labute approximate surface area is 154 Å². The van der Waals surface area contributed by atoms with E-state index in [-0.39, 0.29) is 6.17 Å². The maximum absolute atomic E-state index is 10.6. The third kappa shape index (κ3) is 6.26. The summed E-state index contributed by atoms with van der Waals surface area (Å²) in [6.45, 7) is 11.4. The molecule has 26 heavy (non-hydrogen) atoms. The Hall–Kier alpha value is -2.78. The van der Waals surface area contributed by atoms with Crippen molar-refractivity contribution in [1.82, 2.24) is 20.4 Å². The van der Waals surface area contributed by atoms with E-state index in [9.17, 15) is 5.11 Å². The molecular weight excluding hydrogens is 332 g/mol. The zero-order valence-corrected chi connectivity index (χ0v) is 15.6. The molecule has 0 aliphatic rings. The third-order valence-electron chi connectivity index (χ3n) is 3.31. The van der Waals surface area contributed by atoms with Crippen molar-refractivity contribution in [2.75, 3.05) is 19.3 Å². The molecule has 0 aliphatic carbocycles. The van der Waals surface area contributed by atoms with Gasteiger partial charge in [-0.25, -0.2) is 15.1 Å². The molecule has 0 aliphatic heterocycles. The van der Waals surface area contributed by atoms with Crippen molar-refractivity contribution < 1.29 is 5.11 Å². The van der Waals surface area contributed by atoms with E-state index in [0.29, 0.717) is 30.2 Å². The van der Waals surface area contributed by atoms with Gasteiger partial charge in [0.15, 0.2) is 0 Å². The maximum Gasteiger partial charge on any atom is 0.143 e. The van der Waals surface area contributed by atoms with Crippen molar-refractivity contribution in [3.8, 4) is 0 Å². The molecule has 1 unspecified atom stereocenters. The zero-order chi connectivity index (χ0) is 19.5. The molecule has 0 radical (unpaired) electrons. The van der Waals surface area contributed by atoms with Gasteiger partial charge < -0.3 is 10.8 Å². The second-order valence-corrected chi connectivity index (χ2v) is 5.39. The van der Waals surface area contributed by atoms with E-state index in [1.807, 2.05) is 13.8 Å². The number of pyridine rings is 1. The van der Waals surface area contributed by atoms with Crippen molar-refractivity contribution in [2.24, 2.45) is 15.1 Å². The van der Waals surface area contributed by atoms with Crippen LogP contribution in [-0.4, -0.2) is 65.0 Å². The molecule has 142 valence electrons. The van der Waals surface area contributed by atoms with Crippen LogP contribution in [0, 0.1) is 0 Å². The predicted octanol–water partition coefficient (Wildman–Crippen LogP) is 1.05. The molecule has 0 fully saturated rings. The molecule has 0 bridgehead atoms. The molecule has 0 saturated heterocycles. The highest BCUT2D eigenvalue weighted by Gasteiger charge is 2.22. The maximum atomic E-state index is 10.6. The zero-order valence-electron chi connectivity index (χ0n) is 15.6. The van der Waals surface area contributed by atoms with Crippen LogP contribution in [0.15, 0.2) is 46.1 Å². The van der Waals surface area contributed by atoms with Crippen LogP contribution in [0.3, 0.4) is 0 Å². The van der Waals surface area contributed by atoms with E-state index in [1.165, 1.54) is 5.12 Å². The van der Waals surface area contributed by atoms with Crippen LogP contribution in [0.1, 0.15) is 25.8 Å². The number of hydrazone groups is 1. The van der Waals surface area contributed by atoms with Crippen molar-refractivity contribution in [1.29, 1.82) is 0 Å². The Bertz CT molecular complexity index is 645. The summed E-state index contributed by atoms with van der Waals surface area (Å²) in [6.07, 6.45) is 3.81. The molecular formula is C17H28N8O. The van der Waals surface area contributed by atoms with Crippen LogP contribution in [0.2, 0.25) is 0 Å². The highest BCUT2D eigenvalue weighted by molar-refractivity contribution is 6.07. The number of amidine groups is 1. The lowest BCUT2D eigenvalue weighted by molar-refractivity contribution is 0.1000. The number of rotatable bonds is 10. The topological polar surface area (TPSA) is 115 Å². The first-order chi connectivity index (χ1) is 12.4. The van der Waals surface area contributed by atoms with Gasteiger partial charge in [0, 0.05) is 32.9 Å². The number of aliphatic hydroxyl groups excluding tert-OH is 1. The molecule has 0 amide bonds.